The van der Waals surface area contributed by atoms with Gasteiger partial charge in [-0.1, -0.05) is 44.0 Å². The summed E-state index contributed by atoms with van der Waals surface area (Å²) < 4.78 is 14.0. The number of nitrogens with zero attached hydrogens (tertiary/aromatic N) is 3. The van der Waals surface area contributed by atoms with Crippen LogP contribution in [0.15, 0.2) is 52.7 Å². The second-order valence-electron chi connectivity index (χ2n) is 5.54. The average Bonchev–Trinajstić information content (AvgIpc) is 2.61. The minimum atomic E-state index is -0.277. The number of hydrogen-bond acceptors (Lipinski definition) is 3. The molecule has 2 aromatic carbocycles. The van der Waals surface area contributed by atoms with Crippen molar-refractivity contribution in [2.75, 3.05) is 0 Å². The molecule has 4 heteroatoms. The van der Waals surface area contributed by atoms with Crippen LogP contribution in [0.1, 0.15) is 48.4 Å². The summed E-state index contributed by atoms with van der Waals surface area (Å²) in [4.78, 5) is 0. The maximum Gasteiger partial charge on any atom is 0.132 e. The highest BCUT2D eigenvalue weighted by Crippen LogP contribution is 2.12. The van der Waals surface area contributed by atoms with Crippen molar-refractivity contribution in [3.8, 4) is 6.07 Å². The Morgan fingerprint density at radius 1 is 1.04 bits per heavy atom. The van der Waals surface area contributed by atoms with Gasteiger partial charge in [0.25, 0.3) is 0 Å². The molecule has 3 nitrogen and oxygen atoms in total. The molecule has 24 heavy (non-hydrogen) atoms. The predicted molar refractivity (Wildman–Crippen MR) is 96.0 cm³/mol. The molecule has 0 heterocycles. The zero-order valence-electron chi connectivity index (χ0n) is 13.7. The van der Waals surface area contributed by atoms with Crippen LogP contribution in [0.25, 0.3) is 0 Å². The fourth-order valence-electron chi connectivity index (χ4n) is 2.25. The number of benzene rings is 2. The lowest BCUT2D eigenvalue weighted by Crippen LogP contribution is -1.92. The molecule has 0 amide bonds. The molecule has 0 N–H and O–H groups in total. The lowest BCUT2D eigenvalue weighted by Gasteiger charge is -2.02. The van der Waals surface area contributed by atoms with Crippen LogP contribution >= 0.6 is 0 Å². The molecule has 0 aromatic heterocycles. The van der Waals surface area contributed by atoms with Crippen LogP contribution in [-0.4, -0.2) is 12.4 Å². The number of rotatable bonds is 7. The molecule has 0 unspecified atom stereocenters. The maximum atomic E-state index is 14.0. The van der Waals surface area contributed by atoms with Crippen molar-refractivity contribution in [2.45, 2.75) is 32.6 Å². The highest BCUT2D eigenvalue weighted by atomic mass is 19.1. The van der Waals surface area contributed by atoms with E-state index in [0.29, 0.717) is 11.1 Å². The van der Waals surface area contributed by atoms with E-state index in [4.69, 9.17) is 5.26 Å². The number of aryl methyl sites for hydroxylation is 1. The molecule has 2 rings (SSSR count). The van der Waals surface area contributed by atoms with E-state index < -0.39 is 0 Å². The second kappa shape index (κ2) is 9.36. The predicted octanol–water partition coefficient (Wildman–Crippen LogP) is 4.88. The highest BCUT2D eigenvalue weighted by molar-refractivity contribution is 5.83. The van der Waals surface area contributed by atoms with E-state index in [1.165, 1.54) is 6.21 Å². The number of hydrogen-bond donors (Lipinski definition) is 0. The Morgan fingerprint density at radius 2 is 1.79 bits per heavy atom. The quantitative estimate of drug-likeness (QED) is 0.407. The lowest BCUT2D eigenvalue weighted by atomic mass is 10.1. The van der Waals surface area contributed by atoms with E-state index in [-0.39, 0.29) is 5.82 Å². The zero-order valence-corrected chi connectivity index (χ0v) is 13.7. The third kappa shape index (κ3) is 5.44. The maximum absolute atomic E-state index is 14.0. The molecular formula is C20H20FN3. The first-order valence-corrected chi connectivity index (χ1v) is 8.08. The summed E-state index contributed by atoms with van der Waals surface area (Å²) in [5.74, 6) is -0.277. The molecule has 0 aliphatic heterocycles. The molecule has 0 saturated carbocycles. The number of nitriles is 1. The van der Waals surface area contributed by atoms with Gasteiger partial charge >= 0.3 is 0 Å². The van der Waals surface area contributed by atoms with Gasteiger partial charge in [0.2, 0.25) is 0 Å². The molecule has 0 spiro atoms. The summed E-state index contributed by atoms with van der Waals surface area (Å²) in [6.07, 6.45) is 7.27. The molecule has 0 bridgehead atoms. The molecule has 0 fully saturated rings. The highest BCUT2D eigenvalue weighted by Gasteiger charge is 2.01. The van der Waals surface area contributed by atoms with Gasteiger partial charge in [0.15, 0.2) is 0 Å². The van der Waals surface area contributed by atoms with E-state index in [2.05, 4.69) is 23.2 Å². The second-order valence-corrected chi connectivity index (χ2v) is 5.54. The molecule has 122 valence electrons. The summed E-state index contributed by atoms with van der Waals surface area (Å²) in [5, 5.41) is 16.5. The standard InChI is InChI=1S/C20H20FN3/c1-2-3-4-5-16-10-11-19(20(21)12-16)15-24-23-14-18-8-6-17(13-22)7-9-18/h6-12,14-15H,2-5H2,1H3/b23-14+,24-15+. The SMILES string of the molecule is CCCCCc1ccc(/C=N/N=C/c2ccc(C#N)cc2)c(F)c1. The molecule has 2 aromatic rings. The minimum absolute atomic E-state index is 0.277. The van der Waals surface area contributed by atoms with Gasteiger partial charge in [-0.15, -0.1) is 0 Å². The van der Waals surface area contributed by atoms with Crippen LogP contribution in [0.2, 0.25) is 0 Å². The van der Waals surface area contributed by atoms with Crippen LogP contribution in [0.5, 0.6) is 0 Å². The number of halogens is 1. The minimum Gasteiger partial charge on any atom is -0.206 e. The van der Waals surface area contributed by atoms with Gasteiger partial charge in [0.1, 0.15) is 5.82 Å². The zero-order chi connectivity index (χ0) is 17.2. The molecule has 0 aliphatic carbocycles. The van der Waals surface area contributed by atoms with Crippen molar-refractivity contribution in [3.63, 3.8) is 0 Å². The van der Waals surface area contributed by atoms with E-state index in [0.717, 1.165) is 36.8 Å². The van der Waals surface area contributed by atoms with Gasteiger partial charge < -0.3 is 0 Å². The Bertz CT molecular complexity index is 755. The van der Waals surface area contributed by atoms with Crippen molar-refractivity contribution in [1.29, 1.82) is 5.26 Å². The topological polar surface area (TPSA) is 48.5 Å². The van der Waals surface area contributed by atoms with E-state index in [1.54, 1.807) is 42.6 Å². The Hall–Kier alpha value is -2.80. The fraction of sp³-hybridized carbons (Fsp3) is 0.250. The van der Waals surface area contributed by atoms with Gasteiger partial charge in [-0.05, 0) is 42.2 Å². The fourth-order valence-corrected chi connectivity index (χ4v) is 2.25. The summed E-state index contributed by atoms with van der Waals surface area (Å²) in [6.45, 7) is 2.15. The summed E-state index contributed by atoms with van der Waals surface area (Å²) in [7, 11) is 0. The molecule has 0 aliphatic rings. The summed E-state index contributed by atoms with van der Waals surface area (Å²) >= 11 is 0. The van der Waals surface area contributed by atoms with E-state index >= 15 is 0 Å². The van der Waals surface area contributed by atoms with Crippen LogP contribution in [0, 0.1) is 17.1 Å². The largest absolute Gasteiger partial charge is 0.206 e. The Morgan fingerprint density at radius 3 is 2.46 bits per heavy atom. The van der Waals surface area contributed by atoms with E-state index in [9.17, 15) is 4.39 Å². The van der Waals surface area contributed by atoms with Crippen molar-refractivity contribution in [2.24, 2.45) is 10.2 Å². The van der Waals surface area contributed by atoms with Gasteiger partial charge in [0, 0.05) is 5.56 Å². The van der Waals surface area contributed by atoms with Crippen molar-refractivity contribution < 1.29 is 4.39 Å². The summed E-state index contributed by atoms with van der Waals surface area (Å²) in [5.41, 5.74) is 2.86. The van der Waals surface area contributed by atoms with E-state index in [1.807, 2.05) is 6.07 Å². The molecule has 0 radical (unpaired) electrons. The van der Waals surface area contributed by atoms with Crippen LogP contribution < -0.4 is 0 Å². The first kappa shape index (κ1) is 17.6. The third-order valence-corrected chi connectivity index (χ3v) is 3.64. The van der Waals surface area contributed by atoms with Gasteiger partial charge in [-0.3, -0.25) is 0 Å². The van der Waals surface area contributed by atoms with Gasteiger partial charge in [-0.25, -0.2) is 4.39 Å². The third-order valence-electron chi connectivity index (χ3n) is 3.64. The number of unbranched alkanes of at least 4 members (excludes halogenated alkanes) is 2. The first-order chi connectivity index (χ1) is 11.7. The molecular weight excluding hydrogens is 301 g/mol. The smallest absolute Gasteiger partial charge is 0.132 e. The molecule has 0 atom stereocenters. The van der Waals surface area contributed by atoms with Crippen molar-refractivity contribution in [1.82, 2.24) is 0 Å². The lowest BCUT2D eigenvalue weighted by molar-refractivity contribution is 0.621. The molecule has 0 saturated heterocycles. The summed E-state index contributed by atoms with van der Waals surface area (Å²) in [6, 6.07) is 14.3. The van der Waals surface area contributed by atoms with Crippen LogP contribution in [0.3, 0.4) is 0 Å². The first-order valence-electron chi connectivity index (χ1n) is 8.08. The normalized spacial score (nSPS) is 11.2. The van der Waals surface area contributed by atoms with Gasteiger partial charge in [0.05, 0.1) is 24.1 Å². The Labute approximate surface area is 142 Å². The Kier molecular flexibility index (Phi) is 6.85. The van der Waals surface area contributed by atoms with Crippen LogP contribution in [0.4, 0.5) is 4.39 Å². The monoisotopic (exact) mass is 321 g/mol. The van der Waals surface area contributed by atoms with Crippen molar-refractivity contribution in [3.05, 3.63) is 70.5 Å². The van der Waals surface area contributed by atoms with Crippen LogP contribution in [-0.2, 0) is 6.42 Å². The van der Waals surface area contributed by atoms with Gasteiger partial charge in [-0.2, -0.15) is 15.5 Å². The average molecular weight is 321 g/mol. The van der Waals surface area contributed by atoms with Crippen molar-refractivity contribution >= 4 is 12.4 Å². The Balaban J connectivity index is 1.95.